The van der Waals surface area contributed by atoms with Crippen molar-refractivity contribution < 1.29 is 14.3 Å². The molecule has 3 aromatic rings. The molecule has 0 atom stereocenters. The second-order valence-corrected chi connectivity index (χ2v) is 9.12. The molecule has 3 amide bonds. The number of carbonyl (C=O) groups excluding carboxylic acids is 2. The Morgan fingerprint density at radius 2 is 1.74 bits per heavy atom. The standard InChI is InChI=1S/C26H33N5O3/c1-7-18-10-8-9-11-21(18)27-25(33)30(5)17-24(32)28-23-16-22(26(2,3)4)29-31(23)19-12-14-20(34-6)15-13-19/h8-16H,7,17H2,1-6H3,(H,27,33)(H,28,32). The van der Waals surface area contributed by atoms with E-state index in [1.165, 1.54) is 4.90 Å². The maximum absolute atomic E-state index is 12.9. The summed E-state index contributed by atoms with van der Waals surface area (Å²) >= 11 is 0. The van der Waals surface area contributed by atoms with Gasteiger partial charge in [0.1, 0.15) is 18.1 Å². The van der Waals surface area contributed by atoms with Gasteiger partial charge in [-0.2, -0.15) is 5.10 Å². The summed E-state index contributed by atoms with van der Waals surface area (Å²) in [5.41, 5.74) is 3.19. The van der Waals surface area contributed by atoms with Crippen LogP contribution in [0.4, 0.5) is 16.3 Å². The molecular weight excluding hydrogens is 430 g/mol. The molecule has 0 spiro atoms. The maximum atomic E-state index is 12.9. The molecule has 0 aliphatic heterocycles. The van der Waals surface area contributed by atoms with E-state index in [1.807, 2.05) is 61.5 Å². The maximum Gasteiger partial charge on any atom is 0.322 e. The predicted molar refractivity (Wildman–Crippen MR) is 135 cm³/mol. The molecule has 180 valence electrons. The molecule has 2 N–H and O–H groups in total. The Morgan fingerprint density at radius 3 is 2.35 bits per heavy atom. The minimum atomic E-state index is -0.352. The average molecular weight is 464 g/mol. The predicted octanol–water partition coefficient (Wildman–Crippen LogP) is 4.84. The zero-order valence-electron chi connectivity index (χ0n) is 20.7. The number of urea groups is 1. The fraction of sp³-hybridized carbons (Fsp3) is 0.346. The SMILES string of the molecule is CCc1ccccc1NC(=O)N(C)CC(=O)Nc1cc(C(C)(C)C)nn1-c1ccc(OC)cc1. The van der Waals surface area contributed by atoms with Crippen LogP contribution in [-0.4, -0.2) is 47.3 Å². The Labute approximate surface area is 200 Å². The number of anilines is 2. The van der Waals surface area contributed by atoms with Crippen LogP contribution < -0.4 is 15.4 Å². The minimum Gasteiger partial charge on any atom is -0.497 e. The van der Waals surface area contributed by atoms with Crippen LogP contribution in [0.15, 0.2) is 54.6 Å². The van der Waals surface area contributed by atoms with Gasteiger partial charge < -0.3 is 20.3 Å². The van der Waals surface area contributed by atoms with Gasteiger partial charge in [0, 0.05) is 24.2 Å². The van der Waals surface area contributed by atoms with E-state index in [0.717, 1.165) is 34.8 Å². The summed E-state index contributed by atoms with van der Waals surface area (Å²) in [4.78, 5) is 26.9. The van der Waals surface area contributed by atoms with Crippen molar-refractivity contribution >= 4 is 23.4 Å². The van der Waals surface area contributed by atoms with E-state index in [1.54, 1.807) is 18.8 Å². The van der Waals surface area contributed by atoms with Crippen LogP contribution in [0.1, 0.15) is 39.0 Å². The highest BCUT2D eigenvalue weighted by molar-refractivity contribution is 5.97. The summed E-state index contributed by atoms with van der Waals surface area (Å²) in [5, 5.41) is 10.5. The van der Waals surface area contributed by atoms with Crippen molar-refractivity contribution in [1.29, 1.82) is 0 Å². The van der Waals surface area contributed by atoms with Gasteiger partial charge in [-0.3, -0.25) is 4.79 Å². The van der Waals surface area contributed by atoms with Crippen molar-refractivity contribution in [2.45, 2.75) is 39.5 Å². The lowest BCUT2D eigenvalue weighted by atomic mass is 9.92. The normalized spacial score (nSPS) is 11.1. The third-order valence-electron chi connectivity index (χ3n) is 5.43. The zero-order valence-corrected chi connectivity index (χ0v) is 20.7. The lowest BCUT2D eigenvalue weighted by molar-refractivity contribution is -0.116. The van der Waals surface area contributed by atoms with Gasteiger partial charge in [-0.1, -0.05) is 45.9 Å². The molecule has 0 fully saturated rings. The molecular formula is C26H33N5O3. The lowest BCUT2D eigenvalue weighted by Gasteiger charge is -2.19. The number of nitrogens with zero attached hydrogens (tertiary/aromatic N) is 3. The third kappa shape index (κ3) is 5.95. The van der Waals surface area contributed by atoms with Crippen LogP contribution in [0.2, 0.25) is 0 Å². The number of rotatable bonds is 7. The minimum absolute atomic E-state index is 0.112. The smallest absolute Gasteiger partial charge is 0.322 e. The topological polar surface area (TPSA) is 88.5 Å². The van der Waals surface area contributed by atoms with E-state index in [9.17, 15) is 9.59 Å². The van der Waals surface area contributed by atoms with Gasteiger partial charge in [-0.15, -0.1) is 0 Å². The number of benzene rings is 2. The quantitative estimate of drug-likeness (QED) is 0.525. The van der Waals surface area contributed by atoms with Crippen LogP contribution in [0.5, 0.6) is 5.75 Å². The molecule has 34 heavy (non-hydrogen) atoms. The molecule has 0 aliphatic rings. The summed E-state index contributed by atoms with van der Waals surface area (Å²) in [6.07, 6.45) is 0.798. The van der Waals surface area contributed by atoms with Crippen molar-refractivity contribution in [3.8, 4) is 11.4 Å². The first-order chi connectivity index (χ1) is 16.1. The highest BCUT2D eigenvalue weighted by Crippen LogP contribution is 2.27. The van der Waals surface area contributed by atoms with Crippen molar-refractivity contribution in [3.63, 3.8) is 0 Å². The Kier molecular flexibility index (Phi) is 7.61. The Hall–Kier alpha value is -3.81. The van der Waals surface area contributed by atoms with E-state index < -0.39 is 0 Å². The molecule has 1 aromatic heterocycles. The fourth-order valence-corrected chi connectivity index (χ4v) is 3.39. The van der Waals surface area contributed by atoms with Gasteiger partial charge in [0.2, 0.25) is 5.91 Å². The van der Waals surface area contributed by atoms with Crippen LogP contribution >= 0.6 is 0 Å². The van der Waals surface area contributed by atoms with Crippen molar-refractivity contribution in [1.82, 2.24) is 14.7 Å². The lowest BCUT2D eigenvalue weighted by Crippen LogP contribution is -2.38. The first kappa shape index (κ1) is 24.8. The van der Waals surface area contributed by atoms with Crippen molar-refractivity contribution in [2.75, 3.05) is 31.3 Å². The van der Waals surface area contributed by atoms with E-state index in [0.29, 0.717) is 5.82 Å². The van der Waals surface area contributed by atoms with Gasteiger partial charge in [-0.05, 0) is 42.3 Å². The number of carbonyl (C=O) groups is 2. The molecule has 0 saturated carbocycles. The number of ether oxygens (including phenoxy) is 1. The van der Waals surface area contributed by atoms with Gasteiger partial charge in [0.25, 0.3) is 0 Å². The van der Waals surface area contributed by atoms with E-state index in [-0.39, 0.29) is 23.9 Å². The zero-order chi connectivity index (χ0) is 24.9. The second kappa shape index (κ2) is 10.4. The fourth-order valence-electron chi connectivity index (χ4n) is 3.39. The number of amides is 3. The Morgan fingerprint density at radius 1 is 1.06 bits per heavy atom. The van der Waals surface area contributed by atoms with Gasteiger partial charge in [0.05, 0.1) is 18.5 Å². The monoisotopic (exact) mass is 463 g/mol. The summed E-state index contributed by atoms with van der Waals surface area (Å²) in [6.45, 7) is 8.10. The summed E-state index contributed by atoms with van der Waals surface area (Å²) in [6, 6.07) is 16.6. The molecule has 0 aliphatic carbocycles. The number of likely N-dealkylation sites (N-methyl/N-ethyl adjacent to an activating group) is 1. The number of hydrogen-bond acceptors (Lipinski definition) is 4. The number of nitrogens with one attached hydrogen (secondary N) is 2. The van der Waals surface area contributed by atoms with Crippen LogP contribution in [0, 0.1) is 0 Å². The molecule has 8 nitrogen and oxygen atoms in total. The average Bonchev–Trinajstić information content (AvgIpc) is 3.23. The number of methoxy groups -OCH3 is 1. The Bertz CT molecular complexity index is 1150. The molecule has 1 heterocycles. The molecule has 0 bridgehead atoms. The molecule has 0 unspecified atom stereocenters. The second-order valence-electron chi connectivity index (χ2n) is 9.12. The third-order valence-corrected chi connectivity index (χ3v) is 5.43. The Balaban J connectivity index is 1.75. The number of aromatic nitrogens is 2. The number of hydrogen-bond donors (Lipinski definition) is 2. The summed E-state index contributed by atoms with van der Waals surface area (Å²) < 4.78 is 6.93. The molecule has 8 heteroatoms. The first-order valence-corrected chi connectivity index (χ1v) is 11.3. The van der Waals surface area contributed by atoms with Gasteiger partial charge >= 0.3 is 6.03 Å². The molecule has 3 rings (SSSR count). The van der Waals surface area contributed by atoms with Crippen molar-refractivity contribution in [3.05, 3.63) is 65.9 Å². The van der Waals surface area contributed by atoms with E-state index in [4.69, 9.17) is 9.84 Å². The van der Waals surface area contributed by atoms with E-state index in [2.05, 4.69) is 31.4 Å². The largest absolute Gasteiger partial charge is 0.497 e. The highest BCUT2D eigenvalue weighted by atomic mass is 16.5. The molecule has 0 radical (unpaired) electrons. The molecule has 2 aromatic carbocycles. The first-order valence-electron chi connectivity index (χ1n) is 11.3. The number of aryl methyl sites for hydroxylation is 1. The van der Waals surface area contributed by atoms with Gasteiger partial charge in [0.15, 0.2) is 0 Å². The molecule has 0 saturated heterocycles. The summed E-state index contributed by atoms with van der Waals surface area (Å²) in [7, 11) is 3.20. The van der Waals surface area contributed by atoms with Crippen molar-refractivity contribution in [2.24, 2.45) is 0 Å². The van der Waals surface area contributed by atoms with Crippen LogP contribution in [0.25, 0.3) is 5.69 Å². The summed E-state index contributed by atoms with van der Waals surface area (Å²) in [5.74, 6) is 0.941. The number of para-hydroxylation sites is 1. The van der Waals surface area contributed by atoms with Gasteiger partial charge in [-0.25, -0.2) is 9.48 Å². The van der Waals surface area contributed by atoms with Crippen LogP contribution in [-0.2, 0) is 16.6 Å². The van der Waals surface area contributed by atoms with E-state index >= 15 is 0 Å². The van der Waals surface area contributed by atoms with Crippen LogP contribution in [0.3, 0.4) is 0 Å². The highest BCUT2D eigenvalue weighted by Gasteiger charge is 2.22.